The topological polar surface area (TPSA) is 17.1 Å². The van der Waals surface area contributed by atoms with Gasteiger partial charge in [0.25, 0.3) is 0 Å². The maximum atomic E-state index is 11.6. The number of ketones is 1. The van der Waals surface area contributed by atoms with E-state index in [1.165, 1.54) is 11.1 Å². The van der Waals surface area contributed by atoms with E-state index in [-0.39, 0.29) is 0 Å². The van der Waals surface area contributed by atoms with Gasteiger partial charge in [0, 0.05) is 16.5 Å². The number of hydrogen-bond acceptors (Lipinski definition) is 1. The van der Waals surface area contributed by atoms with Crippen LogP contribution in [0.5, 0.6) is 0 Å². The predicted octanol–water partition coefficient (Wildman–Crippen LogP) is 3.28. The number of hydrogen-bond donors (Lipinski definition) is 0. The molecule has 0 fully saturated rings. The third-order valence-corrected chi connectivity index (χ3v) is 3.03. The van der Waals surface area contributed by atoms with Crippen molar-refractivity contribution >= 4 is 21.7 Å². The minimum atomic E-state index is 0.297. The SMILES string of the molecule is Cc1cc(Br)cc2c1CCCC2=O. The Balaban J connectivity index is 2.63. The molecule has 0 N–H and O–H groups in total. The van der Waals surface area contributed by atoms with Crippen molar-refractivity contribution < 1.29 is 4.79 Å². The molecule has 0 aliphatic heterocycles. The standard InChI is InChI=1S/C11H11BrO/c1-7-5-8(12)6-10-9(7)3-2-4-11(10)13/h5-6H,2-4H2,1H3. The van der Waals surface area contributed by atoms with Gasteiger partial charge in [-0.3, -0.25) is 4.79 Å². The number of fused-ring (bicyclic) bond motifs is 1. The first kappa shape index (κ1) is 8.95. The Labute approximate surface area is 86.3 Å². The maximum Gasteiger partial charge on any atom is 0.163 e. The van der Waals surface area contributed by atoms with Gasteiger partial charge in [-0.2, -0.15) is 0 Å². The minimum Gasteiger partial charge on any atom is -0.294 e. The number of halogens is 1. The zero-order valence-corrected chi connectivity index (χ0v) is 9.15. The van der Waals surface area contributed by atoms with E-state index in [2.05, 4.69) is 28.9 Å². The Bertz CT molecular complexity index is 369. The van der Waals surface area contributed by atoms with Gasteiger partial charge in [0.1, 0.15) is 0 Å². The Kier molecular flexibility index (Phi) is 2.24. The highest BCUT2D eigenvalue weighted by molar-refractivity contribution is 9.10. The summed E-state index contributed by atoms with van der Waals surface area (Å²) in [6, 6.07) is 4.03. The highest BCUT2D eigenvalue weighted by Crippen LogP contribution is 2.27. The van der Waals surface area contributed by atoms with Crippen molar-refractivity contribution in [3.8, 4) is 0 Å². The second kappa shape index (κ2) is 3.26. The molecular formula is C11H11BrO. The second-order valence-electron chi connectivity index (χ2n) is 3.53. The first-order valence-corrected chi connectivity index (χ1v) is 5.30. The average Bonchev–Trinajstić information content (AvgIpc) is 2.07. The van der Waals surface area contributed by atoms with Gasteiger partial charge >= 0.3 is 0 Å². The van der Waals surface area contributed by atoms with Crippen LogP contribution in [-0.2, 0) is 6.42 Å². The molecule has 1 aromatic carbocycles. The van der Waals surface area contributed by atoms with Crippen LogP contribution in [0.1, 0.15) is 34.3 Å². The van der Waals surface area contributed by atoms with E-state index in [0.717, 1.165) is 22.9 Å². The van der Waals surface area contributed by atoms with E-state index in [1.54, 1.807) is 0 Å². The molecule has 1 aliphatic rings. The van der Waals surface area contributed by atoms with E-state index >= 15 is 0 Å². The fraction of sp³-hybridized carbons (Fsp3) is 0.364. The van der Waals surface area contributed by atoms with Crippen LogP contribution in [-0.4, -0.2) is 5.78 Å². The highest BCUT2D eigenvalue weighted by Gasteiger charge is 2.18. The molecule has 2 rings (SSSR count). The summed E-state index contributed by atoms with van der Waals surface area (Å²) in [6.07, 6.45) is 2.78. The molecule has 0 aromatic heterocycles. The van der Waals surface area contributed by atoms with Crippen LogP contribution < -0.4 is 0 Å². The zero-order valence-electron chi connectivity index (χ0n) is 7.56. The Morgan fingerprint density at radius 1 is 1.31 bits per heavy atom. The van der Waals surface area contributed by atoms with E-state index in [1.807, 2.05) is 6.07 Å². The lowest BCUT2D eigenvalue weighted by Gasteiger charge is -2.17. The molecule has 0 saturated heterocycles. The summed E-state index contributed by atoms with van der Waals surface area (Å²) in [7, 11) is 0. The predicted molar refractivity (Wildman–Crippen MR) is 56.1 cm³/mol. The van der Waals surface area contributed by atoms with Gasteiger partial charge in [-0.05, 0) is 43.0 Å². The minimum absolute atomic E-state index is 0.297. The molecule has 1 aliphatic carbocycles. The fourth-order valence-corrected chi connectivity index (χ4v) is 2.49. The molecule has 0 atom stereocenters. The lowest BCUT2D eigenvalue weighted by molar-refractivity contribution is 0.0972. The van der Waals surface area contributed by atoms with Gasteiger partial charge in [-0.25, -0.2) is 0 Å². The number of rotatable bonds is 0. The Hall–Kier alpha value is -0.630. The van der Waals surface area contributed by atoms with E-state index in [4.69, 9.17) is 0 Å². The summed E-state index contributed by atoms with van der Waals surface area (Å²) in [5.74, 6) is 0.297. The summed E-state index contributed by atoms with van der Waals surface area (Å²) < 4.78 is 1.01. The highest BCUT2D eigenvalue weighted by atomic mass is 79.9. The van der Waals surface area contributed by atoms with Gasteiger partial charge in [0.2, 0.25) is 0 Å². The van der Waals surface area contributed by atoms with Crippen molar-refractivity contribution in [1.29, 1.82) is 0 Å². The van der Waals surface area contributed by atoms with Gasteiger partial charge in [-0.1, -0.05) is 15.9 Å². The molecule has 0 spiro atoms. The fourth-order valence-electron chi connectivity index (χ4n) is 1.91. The van der Waals surface area contributed by atoms with Crippen molar-refractivity contribution in [3.05, 3.63) is 33.3 Å². The Morgan fingerprint density at radius 3 is 2.85 bits per heavy atom. The van der Waals surface area contributed by atoms with Crippen molar-refractivity contribution in [1.82, 2.24) is 0 Å². The third kappa shape index (κ3) is 1.55. The second-order valence-corrected chi connectivity index (χ2v) is 4.44. The number of aryl methyl sites for hydroxylation is 1. The van der Waals surface area contributed by atoms with Crippen LogP contribution in [0.3, 0.4) is 0 Å². The monoisotopic (exact) mass is 238 g/mol. The lowest BCUT2D eigenvalue weighted by atomic mass is 9.88. The van der Waals surface area contributed by atoms with Gasteiger partial charge in [0.05, 0.1) is 0 Å². The van der Waals surface area contributed by atoms with Crippen molar-refractivity contribution in [3.63, 3.8) is 0 Å². The lowest BCUT2D eigenvalue weighted by Crippen LogP contribution is -2.12. The molecule has 68 valence electrons. The number of carbonyl (C=O) groups is 1. The van der Waals surface area contributed by atoms with Crippen LogP contribution in [0, 0.1) is 6.92 Å². The van der Waals surface area contributed by atoms with Gasteiger partial charge < -0.3 is 0 Å². The first-order valence-electron chi connectivity index (χ1n) is 4.50. The molecule has 0 bridgehead atoms. The van der Waals surface area contributed by atoms with Gasteiger partial charge in [0.15, 0.2) is 5.78 Å². The van der Waals surface area contributed by atoms with E-state index in [0.29, 0.717) is 12.2 Å². The molecule has 1 aromatic rings. The largest absolute Gasteiger partial charge is 0.294 e. The molecule has 13 heavy (non-hydrogen) atoms. The van der Waals surface area contributed by atoms with Crippen LogP contribution in [0.4, 0.5) is 0 Å². The number of benzene rings is 1. The van der Waals surface area contributed by atoms with E-state index in [9.17, 15) is 4.79 Å². The molecule has 0 radical (unpaired) electrons. The maximum absolute atomic E-state index is 11.6. The van der Waals surface area contributed by atoms with Crippen LogP contribution in [0.2, 0.25) is 0 Å². The number of Topliss-reactive ketones (excluding diaryl/α,β-unsaturated/α-hetero) is 1. The van der Waals surface area contributed by atoms with Crippen LogP contribution in [0.25, 0.3) is 0 Å². The molecule has 0 saturated carbocycles. The quantitative estimate of drug-likeness (QED) is 0.679. The third-order valence-electron chi connectivity index (χ3n) is 2.57. The van der Waals surface area contributed by atoms with Crippen molar-refractivity contribution in [2.24, 2.45) is 0 Å². The summed E-state index contributed by atoms with van der Waals surface area (Å²) in [5.41, 5.74) is 3.41. The normalized spacial score (nSPS) is 15.7. The summed E-state index contributed by atoms with van der Waals surface area (Å²) >= 11 is 3.42. The Morgan fingerprint density at radius 2 is 2.08 bits per heavy atom. The summed E-state index contributed by atoms with van der Waals surface area (Å²) in [5, 5.41) is 0. The first-order chi connectivity index (χ1) is 6.18. The summed E-state index contributed by atoms with van der Waals surface area (Å²) in [6.45, 7) is 2.07. The number of carbonyl (C=O) groups excluding carboxylic acids is 1. The average molecular weight is 239 g/mol. The molecule has 0 amide bonds. The summed E-state index contributed by atoms with van der Waals surface area (Å²) in [4.78, 5) is 11.6. The molecule has 0 unspecified atom stereocenters. The van der Waals surface area contributed by atoms with Crippen molar-refractivity contribution in [2.45, 2.75) is 26.2 Å². The van der Waals surface area contributed by atoms with E-state index < -0.39 is 0 Å². The zero-order chi connectivity index (χ0) is 9.42. The molecular weight excluding hydrogens is 228 g/mol. The van der Waals surface area contributed by atoms with Crippen LogP contribution >= 0.6 is 15.9 Å². The smallest absolute Gasteiger partial charge is 0.163 e. The van der Waals surface area contributed by atoms with Crippen LogP contribution in [0.15, 0.2) is 16.6 Å². The molecule has 2 heteroatoms. The molecule has 1 nitrogen and oxygen atoms in total. The van der Waals surface area contributed by atoms with Crippen molar-refractivity contribution in [2.75, 3.05) is 0 Å². The molecule has 0 heterocycles. The van der Waals surface area contributed by atoms with Gasteiger partial charge in [-0.15, -0.1) is 0 Å².